The molecule has 0 aliphatic carbocycles. The molecule has 1 aliphatic rings. The van der Waals surface area contributed by atoms with E-state index in [2.05, 4.69) is 23.3 Å². The highest BCUT2D eigenvalue weighted by Crippen LogP contribution is 2.20. The van der Waals surface area contributed by atoms with Crippen molar-refractivity contribution in [3.8, 4) is 0 Å². The summed E-state index contributed by atoms with van der Waals surface area (Å²) < 4.78 is 0. The summed E-state index contributed by atoms with van der Waals surface area (Å²) in [5, 5.41) is 14.1. The van der Waals surface area contributed by atoms with E-state index in [1.807, 2.05) is 13.8 Å². The lowest BCUT2D eigenvalue weighted by atomic mass is 10.0. The molecule has 176 valence electrons. The molecule has 0 saturated carbocycles. The maximum atomic E-state index is 13.1. The number of hydrogen-bond donors (Lipinski definition) is 6. The van der Waals surface area contributed by atoms with Crippen LogP contribution in [0.2, 0.25) is 0 Å². The second-order valence-corrected chi connectivity index (χ2v) is 8.44. The van der Waals surface area contributed by atoms with Gasteiger partial charge in [0.05, 0.1) is 6.04 Å². The van der Waals surface area contributed by atoms with E-state index in [9.17, 15) is 24.0 Å². The van der Waals surface area contributed by atoms with Gasteiger partial charge >= 0.3 is 5.97 Å². The third-order valence-electron chi connectivity index (χ3n) is 4.99. The Bertz CT molecular complexity index is 689. The summed E-state index contributed by atoms with van der Waals surface area (Å²) in [6.07, 6.45) is 1.12. The Kier molecular flexibility index (Phi) is 10.8. The molecule has 4 unspecified atom stereocenters. The van der Waals surface area contributed by atoms with Crippen molar-refractivity contribution in [2.75, 3.05) is 12.3 Å². The fraction of sp³-hybridized carbons (Fsp3) is 0.737. The highest BCUT2D eigenvalue weighted by atomic mass is 32.1. The first-order chi connectivity index (χ1) is 14.5. The van der Waals surface area contributed by atoms with Gasteiger partial charge in [-0.3, -0.25) is 19.2 Å². The van der Waals surface area contributed by atoms with Crippen LogP contribution in [0.25, 0.3) is 0 Å². The van der Waals surface area contributed by atoms with Crippen LogP contribution in [0.1, 0.15) is 46.0 Å². The summed E-state index contributed by atoms with van der Waals surface area (Å²) in [6, 6.07) is -3.97. The number of carboxylic acid groups (broad SMARTS) is 1. The van der Waals surface area contributed by atoms with E-state index in [-0.39, 0.29) is 31.1 Å². The van der Waals surface area contributed by atoms with Gasteiger partial charge in [0.25, 0.3) is 0 Å². The quantitative estimate of drug-likeness (QED) is 0.194. The molecular formula is C19H33N5O6S. The van der Waals surface area contributed by atoms with Gasteiger partial charge in [-0.25, -0.2) is 4.79 Å². The molecule has 1 fully saturated rings. The van der Waals surface area contributed by atoms with E-state index >= 15 is 0 Å². The molecule has 1 aliphatic heterocycles. The summed E-state index contributed by atoms with van der Waals surface area (Å²) in [5.74, 6) is -3.48. The largest absolute Gasteiger partial charge is 0.480 e. The Balaban J connectivity index is 2.95. The summed E-state index contributed by atoms with van der Waals surface area (Å²) in [7, 11) is 0. The topological polar surface area (TPSA) is 185 Å². The van der Waals surface area contributed by atoms with Crippen molar-refractivity contribution < 1.29 is 29.1 Å². The van der Waals surface area contributed by atoms with Gasteiger partial charge in [0, 0.05) is 18.7 Å². The van der Waals surface area contributed by atoms with E-state index in [0.717, 1.165) is 0 Å². The van der Waals surface area contributed by atoms with Crippen LogP contribution in [0.15, 0.2) is 0 Å². The zero-order chi connectivity index (χ0) is 23.7. The van der Waals surface area contributed by atoms with Gasteiger partial charge in [0.1, 0.15) is 18.1 Å². The first-order valence-electron chi connectivity index (χ1n) is 10.3. The van der Waals surface area contributed by atoms with E-state index < -0.39 is 53.8 Å². The second-order valence-electron chi connectivity index (χ2n) is 8.07. The van der Waals surface area contributed by atoms with Crippen LogP contribution in [0, 0.1) is 5.92 Å². The number of primary amides is 1. The number of rotatable bonds is 12. The van der Waals surface area contributed by atoms with E-state index in [1.165, 1.54) is 4.90 Å². The zero-order valence-corrected chi connectivity index (χ0v) is 18.8. The zero-order valence-electron chi connectivity index (χ0n) is 17.9. The Morgan fingerprint density at radius 1 is 1.16 bits per heavy atom. The molecular weight excluding hydrogens is 426 g/mol. The summed E-state index contributed by atoms with van der Waals surface area (Å²) in [4.78, 5) is 61.9. The average Bonchev–Trinajstić information content (AvgIpc) is 3.17. The van der Waals surface area contributed by atoms with Crippen LogP contribution in [-0.2, 0) is 24.0 Å². The number of carbonyl (C=O) groups excluding carboxylic acids is 4. The number of thiol groups is 1. The van der Waals surface area contributed by atoms with E-state index in [1.54, 1.807) is 0 Å². The van der Waals surface area contributed by atoms with Gasteiger partial charge < -0.3 is 32.1 Å². The Morgan fingerprint density at radius 2 is 1.81 bits per heavy atom. The number of amides is 4. The fourth-order valence-corrected chi connectivity index (χ4v) is 3.64. The highest BCUT2D eigenvalue weighted by Gasteiger charge is 2.39. The first-order valence-corrected chi connectivity index (χ1v) is 10.9. The lowest BCUT2D eigenvalue weighted by Crippen LogP contribution is -2.57. The molecule has 4 amide bonds. The molecule has 0 aromatic heterocycles. The third-order valence-corrected chi connectivity index (χ3v) is 5.36. The van der Waals surface area contributed by atoms with Crippen molar-refractivity contribution in [1.29, 1.82) is 0 Å². The summed E-state index contributed by atoms with van der Waals surface area (Å²) in [5.41, 5.74) is 11.1. The number of nitrogens with one attached hydrogen (secondary N) is 2. The van der Waals surface area contributed by atoms with Crippen molar-refractivity contribution >= 4 is 42.2 Å². The monoisotopic (exact) mass is 459 g/mol. The first kappa shape index (κ1) is 26.7. The second kappa shape index (κ2) is 12.5. The van der Waals surface area contributed by atoms with Crippen molar-refractivity contribution in [3.05, 3.63) is 0 Å². The van der Waals surface area contributed by atoms with Gasteiger partial charge in [-0.2, -0.15) is 12.6 Å². The van der Waals surface area contributed by atoms with Crippen molar-refractivity contribution in [1.82, 2.24) is 15.5 Å². The molecule has 11 nitrogen and oxygen atoms in total. The average molecular weight is 460 g/mol. The standard InChI is InChI=1S/C19H33N5O6S/c1-10(2)8-11(20)16(26)22-12(5-6-15(21)25)18(28)24-7-3-4-14(24)17(27)23-13(9-31)19(29)30/h10-14,31H,3-9,20H2,1-2H3,(H2,21,25)(H,22,26)(H,23,27)(H,29,30). The predicted molar refractivity (Wildman–Crippen MR) is 116 cm³/mol. The smallest absolute Gasteiger partial charge is 0.327 e. The van der Waals surface area contributed by atoms with Crippen LogP contribution < -0.4 is 22.1 Å². The molecule has 0 bridgehead atoms. The number of aliphatic carboxylic acids is 1. The third kappa shape index (κ3) is 8.37. The minimum atomic E-state index is -1.23. The Labute approximate surface area is 187 Å². The number of likely N-dealkylation sites (tertiary alicyclic amines) is 1. The van der Waals surface area contributed by atoms with Crippen LogP contribution >= 0.6 is 12.6 Å². The van der Waals surface area contributed by atoms with Crippen molar-refractivity contribution in [2.24, 2.45) is 17.4 Å². The molecule has 1 rings (SSSR count). The Hall–Kier alpha value is -2.34. The van der Waals surface area contributed by atoms with E-state index in [0.29, 0.717) is 19.3 Å². The molecule has 1 heterocycles. The molecule has 0 radical (unpaired) electrons. The van der Waals surface area contributed by atoms with Crippen LogP contribution in [-0.4, -0.2) is 76.1 Å². The normalized spacial score (nSPS) is 18.9. The molecule has 31 heavy (non-hydrogen) atoms. The SMILES string of the molecule is CC(C)CC(N)C(=O)NC(CCC(N)=O)C(=O)N1CCCC1C(=O)NC(CS)C(=O)O. The van der Waals surface area contributed by atoms with Gasteiger partial charge in [0.15, 0.2) is 0 Å². The summed E-state index contributed by atoms with van der Waals surface area (Å²) in [6.45, 7) is 4.08. The molecule has 7 N–H and O–H groups in total. The lowest BCUT2D eigenvalue weighted by molar-refractivity contribution is -0.144. The fourth-order valence-electron chi connectivity index (χ4n) is 3.39. The van der Waals surface area contributed by atoms with Crippen molar-refractivity contribution in [2.45, 2.75) is 70.1 Å². The maximum absolute atomic E-state index is 13.1. The highest BCUT2D eigenvalue weighted by molar-refractivity contribution is 7.80. The minimum Gasteiger partial charge on any atom is -0.480 e. The molecule has 4 atom stereocenters. The number of nitrogens with two attached hydrogens (primary N) is 2. The van der Waals surface area contributed by atoms with Gasteiger partial charge in [-0.1, -0.05) is 13.8 Å². The maximum Gasteiger partial charge on any atom is 0.327 e. The minimum absolute atomic E-state index is 0.0342. The van der Waals surface area contributed by atoms with Crippen LogP contribution in [0.3, 0.4) is 0 Å². The molecule has 0 spiro atoms. The number of carbonyl (C=O) groups is 5. The number of carboxylic acids is 1. The lowest BCUT2D eigenvalue weighted by Gasteiger charge is -2.30. The number of nitrogens with zero attached hydrogens (tertiary/aromatic N) is 1. The molecule has 1 saturated heterocycles. The predicted octanol–water partition coefficient (Wildman–Crippen LogP) is -1.40. The van der Waals surface area contributed by atoms with Crippen molar-refractivity contribution in [3.63, 3.8) is 0 Å². The van der Waals surface area contributed by atoms with E-state index in [4.69, 9.17) is 16.6 Å². The molecule has 0 aromatic carbocycles. The molecule has 12 heteroatoms. The van der Waals surface area contributed by atoms with Gasteiger partial charge in [0.2, 0.25) is 23.6 Å². The van der Waals surface area contributed by atoms with Crippen LogP contribution in [0.4, 0.5) is 0 Å². The number of hydrogen-bond acceptors (Lipinski definition) is 7. The van der Waals surface area contributed by atoms with Gasteiger partial charge in [-0.05, 0) is 31.6 Å². The summed E-state index contributed by atoms with van der Waals surface area (Å²) >= 11 is 3.92. The Morgan fingerprint density at radius 3 is 2.32 bits per heavy atom. The van der Waals surface area contributed by atoms with Crippen LogP contribution in [0.5, 0.6) is 0 Å². The molecule has 0 aromatic rings. The van der Waals surface area contributed by atoms with Gasteiger partial charge in [-0.15, -0.1) is 0 Å².